The molecule has 2 N–H and O–H groups in total. The van der Waals surface area contributed by atoms with E-state index < -0.39 is 0 Å². The molecule has 0 spiro atoms. The van der Waals surface area contributed by atoms with Gasteiger partial charge in [-0.15, -0.1) is 0 Å². The van der Waals surface area contributed by atoms with Crippen LogP contribution in [0.2, 0.25) is 0 Å². The highest BCUT2D eigenvalue weighted by molar-refractivity contribution is 9.10. The Morgan fingerprint density at radius 2 is 2.00 bits per heavy atom. The van der Waals surface area contributed by atoms with Gasteiger partial charge in [0.1, 0.15) is 0 Å². The van der Waals surface area contributed by atoms with Crippen LogP contribution in [0.3, 0.4) is 0 Å². The number of rotatable bonds is 3. The maximum absolute atomic E-state index is 6.01. The highest BCUT2D eigenvalue weighted by Crippen LogP contribution is 2.39. The van der Waals surface area contributed by atoms with Crippen molar-refractivity contribution in [3.8, 4) is 11.4 Å². The summed E-state index contributed by atoms with van der Waals surface area (Å²) in [4.78, 5) is 4.35. The standard InChI is InChI=1S/C12H12BrN3O/c13-9-5-3-8(4-6-9)11-15-12(17-16-11)10(14)7-1-2-7/h3-7,10H,1-2,14H2. The van der Waals surface area contributed by atoms with Crippen LogP contribution in [0.15, 0.2) is 33.3 Å². The molecule has 1 aromatic carbocycles. The van der Waals surface area contributed by atoms with Crippen LogP contribution >= 0.6 is 15.9 Å². The molecule has 4 nitrogen and oxygen atoms in total. The number of aromatic nitrogens is 2. The molecule has 1 atom stereocenters. The van der Waals surface area contributed by atoms with Gasteiger partial charge in [-0.25, -0.2) is 0 Å². The van der Waals surface area contributed by atoms with Crippen molar-refractivity contribution in [2.24, 2.45) is 11.7 Å². The van der Waals surface area contributed by atoms with Gasteiger partial charge < -0.3 is 10.3 Å². The van der Waals surface area contributed by atoms with Crippen LogP contribution in [-0.4, -0.2) is 10.1 Å². The first-order valence-corrected chi connectivity index (χ1v) is 6.38. The minimum atomic E-state index is -0.105. The molecule has 1 aromatic heterocycles. The van der Waals surface area contributed by atoms with E-state index in [4.69, 9.17) is 10.3 Å². The zero-order valence-corrected chi connectivity index (χ0v) is 10.7. The number of nitrogens with two attached hydrogens (primary N) is 1. The van der Waals surface area contributed by atoms with Gasteiger partial charge in [-0.2, -0.15) is 4.98 Å². The monoisotopic (exact) mass is 293 g/mol. The molecule has 3 rings (SSSR count). The van der Waals surface area contributed by atoms with Gasteiger partial charge in [0.25, 0.3) is 0 Å². The molecule has 0 aliphatic heterocycles. The van der Waals surface area contributed by atoms with Crippen LogP contribution in [0.1, 0.15) is 24.8 Å². The molecule has 5 heteroatoms. The van der Waals surface area contributed by atoms with E-state index in [2.05, 4.69) is 26.1 Å². The minimum Gasteiger partial charge on any atom is -0.337 e. The van der Waals surface area contributed by atoms with Crippen molar-refractivity contribution in [2.45, 2.75) is 18.9 Å². The van der Waals surface area contributed by atoms with Gasteiger partial charge in [-0.3, -0.25) is 0 Å². The second-order valence-electron chi connectivity index (χ2n) is 4.33. The van der Waals surface area contributed by atoms with Gasteiger partial charge in [0.15, 0.2) is 0 Å². The maximum Gasteiger partial charge on any atom is 0.244 e. The van der Waals surface area contributed by atoms with Gasteiger partial charge in [0, 0.05) is 10.0 Å². The van der Waals surface area contributed by atoms with Gasteiger partial charge in [-0.1, -0.05) is 21.1 Å². The molecule has 0 bridgehead atoms. The summed E-state index contributed by atoms with van der Waals surface area (Å²) in [5.41, 5.74) is 6.95. The van der Waals surface area contributed by atoms with Crippen LogP contribution in [0.4, 0.5) is 0 Å². The number of hydrogen-bond acceptors (Lipinski definition) is 4. The maximum atomic E-state index is 6.01. The molecule has 1 unspecified atom stereocenters. The first-order chi connectivity index (χ1) is 8.24. The predicted octanol–water partition coefficient (Wildman–Crippen LogP) is 2.91. The highest BCUT2D eigenvalue weighted by atomic mass is 79.9. The van der Waals surface area contributed by atoms with E-state index in [0.717, 1.165) is 22.9 Å². The molecular formula is C12H12BrN3O. The number of halogens is 1. The third-order valence-corrected chi connectivity index (χ3v) is 3.49. The van der Waals surface area contributed by atoms with Crippen LogP contribution in [0, 0.1) is 5.92 Å². The molecule has 0 amide bonds. The second kappa shape index (κ2) is 4.23. The summed E-state index contributed by atoms with van der Waals surface area (Å²) in [6.07, 6.45) is 2.33. The van der Waals surface area contributed by atoms with Crippen molar-refractivity contribution in [1.29, 1.82) is 0 Å². The summed E-state index contributed by atoms with van der Waals surface area (Å²) in [6, 6.07) is 7.69. The summed E-state index contributed by atoms with van der Waals surface area (Å²) >= 11 is 3.39. The van der Waals surface area contributed by atoms with Gasteiger partial charge in [0.05, 0.1) is 6.04 Å². The Labute approximate surface area is 107 Å². The Balaban J connectivity index is 1.86. The SMILES string of the molecule is NC(c1nc(-c2ccc(Br)cc2)no1)C1CC1. The van der Waals surface area contributed by atoms with Crippen molar-refractivity contribution in [3.63, 3.8) is 0 Å². The summed E-state index contributed by atoms with van der Waals surface area (Å²) in [6.45, 7) is 0. The van der Waals surface area contributed by atoms with E-state index in [1.165, 1.54) is 0 Å². The lowest BCUT2D eigenvalue weighted by molar-refractivity contribution is 0.343. The number of nitrogens with zero attached hydrogens (tertiary/aromatic N) is 2. The Hall–Kier alpha value is -1.20. The topological polar surface area (TPSA) is 64.9 Å². The van der Waals surface area contributed by atoms with Crippen LogP contribution in [0.5, 0.6) is 0 Å². The average Bonchev–Trinajstić information content (AvgIpc) is 3.07. The van der Waals surface area contributed by atoms with Gasteiger partial charge in [-0.05, 0) is 43.0 Å². The second-order valence-corrected chi connectivity index (χ2v) is 5.24. The summed E-state index contributed by atoms with van der Waals surface area (Å²) < 4.78 is 6.24. The lowest BCUT2D eigenvalue weighted by Crippen LogP contribution is -2.12. The Bertz CT molecular complexity index is 519. The third-order valence-electron chi connectivity index (χ3n) is 2.96. The Morgan fingerprint density at radius 3 is 2.65 bits per heavy atom. The number of benzene rings is 1. The van der Waals surface area contributed by atoms with E-state index in [9.17, 15) is 0 Å². The molecular weight excluding hydrogens is 282 g/mol. The lowest BCUT2D eigenvalue weighted by atomic mass is 10.2. The van der Waals surface area contributed by atoms with Crippen LogP contribution in [0.25, 0.3) is 11.4 Å². The summed E-state index contributed by atoms with van der Waals surface area (Å²) in [7, 11) is 0. The zero-order valence-electron chi connectivity index (χ0n) is 9.14. The lowest BCUT2D eigenvalue weighted by Gasteiger charge is -2.01. The van der Waals surface area contributed by atoms with E-state index >= 15 is 0 Å². The molecule has 0 radical (unpaired) electrons. The van der Waals surface area contributed by atoms with Crippen LogP contribution in [-0.2, 0) is 0 Å². The molecule has 1 saturated carbocycles. The zero-order chi connectivity index (χ0) is 11.8. The molecule has 1 fully saturated rings. The van der Waals surface area contributed by atoms with E-state index in [-0.39, 0.29) is 6.04 Å². The molecule has 1 heterocycles. The minimum absolute atomic E-state index is 0.105. The molecule has 2 aromatic rings. The van der Waals surface area contributed by atoms with E-state index in [1.807, 2.05) is 24.3 Å². The number of hydrogen-bond donors (Lipinski definition) is 1. The van der Waals surface area contributed by atoms with Crippen molar-refractivity contribution in [2.75, 3.05) is 0 Å². The van der Waals surface area contributed by atoms with Crippen molar-refractivity contribution in [1.82, 2.24) is 10.1 Å². The van der Waals surface area contributed by atoms with Gasteiger partial charge >= 0.3 is 0 Å². The highest BCUT2D eigenvalue weighted by Gasteiger charge is 2.33. The molecule has 0 saturated heterocycles. The van der Waals surface area contributed by atoms with E-state index in [0.29, 0.717) is 17.6 Å². The molecule has 17 heavy (non-hydrogen) atoms. The average molecular weight is 294 g/mol. The third kappa shape index (κ3) is 2.25. The smallest absolute Gasteiger partial charge is 0.244 e. The molecule has 1 aliphatic rings. The van der Waals surface area contributed by atoms with Crippen molar-refractivity contribution >= 4 is 15.9 Å². The molecule has 88 valence electrons. The molecule has 1 aliphatic carbocycles. The first-order valence-electron chi connectivity index (χ1n) is 5.59. The normalized spacial score (nSPS) is 17.1. The van der Waals surface area contributed by atoms with E-state index in [1.54, 1.807) is 0 Å². The Morgan fingerprint density at radius 1 is 1.29 bits per heavy atom. The van der Waals surface area contributed by atoms with Crippen LogP contribution < -0.4 is 5.73 Å². The van der Waals surface area contributed by atoms with Gasteiger partial charge in [0.2, 0.25) is 11.7 Å². The fourth-order valence-corrected chi connectivity index (χ4v) is 2.01. The fraction of sp³-hybridized carbons (Fsp3) is 0.333. The quantitative estimate of drug-likeness (QED) is 0.945. The fourth-order valence-electron chi connectivity index (χ4n) is 1.74. The van der Waals surface area contributed by atoms with Crippen molar-refractivity contribution < 1.29 is 4.52 Å². The van der Waals surface area contributed by atoms with Crippen molar-refractivity contribution in [3.05, 3.63) is 34.6 Å². The predicted molar refractivity (Wildman–Crippen MR) is 67.1 cm³/mol. The Kier molecular flexibility index (Phi) is 2.72. The summed E-state index contributed by atoms with van der Waals surface area (Å²) in [5.74, 6) is 1.67. The summed E-state index contributed by atoms with van der Waals surface area (Å²) in [5, 5.41) is 3.97. The first kappa shape index (κ1) is 10.9. The largest absolute Gasteiger partial charge is 0.337 e.